The Kier molecular flexibility index (Phi) is 3.94. The summed E-state index contributed by atoms with van der Waals surface area (Å²) in [6, 6.07) is 7.43. The van der Waals surface area contributed by atoms with Crippen molar-refractivity contribution >= 4 is 22.8 Å². The molecular weight excluding hydrogens is 242 g/mol. The summed E-state index contributed by atoms with van der Waals surface area (Å²) in [5, 5.41) is 12.1. The fourth-order valence-corrected chi connectivity index (χ4v) is 1.86. The number of benzene rings is 1. The number of aliphatic carboxylic acids is 1. The van der Waals surface area contributed by atoms with E-state index in [-0.39, 0.29) is 18.4 Å². The van der Waals surface area contributed by atoms with Gasteiger partial charge in [-0.05, 0) is 18.1 Å². The van der Waals surface area contributed by atoms with Gasteiger partial charge in [-0.1, -0.05) is 26.0 Å². The third-order valence-electron chi connectivity index (χ3n) is 2.98. The average Bonchev–Trinajstić information content (AvgIpc) is 2.37. The van der Waals surface area contributed by atoms with E-state index in [9.17, 15) is 4.79 Å². The zero-order valence-electron chi connectivity index (χ0n) is 11.0. The molecule has 0 amide bonds. The minimum atomic E-state index is -0.819. The number of nitrogens with one attached hydrogen (secondary N) is 1. The van der Waals surface area contributed by atoms with Crippen LogP contribution in [0.1, 0.15) is 20.3 Å². The highest BCUT2D eigenvalue weighted by Crippen LogP contribution is 2.16. The molecule has 2 N–H and O–H groups in total. The molecule has 0 aliphatic carbocycles. The Labute approximate surface area is 111 Å². The van der Waals surface area contributed by atoms with E-state index >= 15 is 0 Å². The standard InChI is InChI=1S/C14H17N3O2/c1-9(2)12(7-14(18)19)17-13-8-15-10-5-3-4-6-11(10)16-13/h3-6,8-9,12H,7H2,1-2H3,(H,16,17)(H,18,19). The van der Waals surface area contributed by atoms with Crippen LogP contribution in [0.2, 0.25) is 0 Å². The first-order chi connectivity index (χ1) is 9.06. The Hall–Kier alpha value is -2.17. The second kappa shape index (κ2) is 5.65. The van der Waals surface area contributed by atoms with Crippen LogP contribution >= 0.6 is 0 Å². The molecule has 2 rings (SSSR count). The van der Waals surface area contributed by atoms with Crippen LogP contribution in [-0.4, -0.2) is 27.1 Å². The Balaban J connectivity index is 2.21. The smallest absolute Gasteiger partial charge is 0.305 e. The maximum absolute atomic E-state index is 10.8. The van der Waals surface area contributed by atoms with E-state index in [4.69, 9.17) is 5.11 Å². The summed E-state index contributed by atoms with van der Waals surface area (Å²) in [6.45, 7) is 3.96. The quantitative estimate of drug-likeness (QED) is 0.863. The van der Waals surface area contributed by atoms with Gasteiger partial charge in [-0.3, -0.25) is 9.78 Å². The van der Waals surface area contributed by atoms with Crippen LogP contribution in [0, 0.1) is 5.92 Å². The Bertz CT molecular complexity index is 584. The summed E-state index contributed by atoms with van der Waals surface area (Å²) in [5.74, 6) is -0.0111. The second-order valence-electron chi connectivity index (χ2n) is 4.84. The van der Waals surface area contributed by atoms with E-state index in [0.29, 0.717) is 5.82 Å². The lowest BCUT2D eigenvalue weighted by molar-refractivity contribution is -0.137. The fourth-order valence-electron chi connectivity index (χ4n) is 1.86. The lowest BCUT2D eigenvalue weighted by Crippen LogP contribution is -2.29. The summed E-state index contributed by atoms with van der Waals surface area (Å²) in [4.78, 5) is 19.6. The zero-order chi connectivity index (χ0) is 13.8. The minimum absolute atomic E-state index is 0.0617. The maximum Gasteiger partial charge on any atom is 0.305 e. The van der Waals surface area contributed by atoms with Crippen molar-refractivity contribution in [3.8, 4) is 0 Å². The number of hydrogen-bond donors (Lipinski definition) is 2. The van der Waals surface area contributed by atoms with Crippen molar-refractivity contribution in [2.24, 2.45) is 5.92 Å². The summed E-state index contributed by atoms with van der Waals surface area (Å²) in [5.41, 5.74) is 1.62. The van der Waals surface area contributed by atoms with Gasteiger partial charge in [-0.15, -0.1) is 0 Å². The van der Waals surface area contributed by atoms with Crippen molar-refractivity contribution in [3.63, 3.8) is 0 Å². The van der Waals surface area contributed by atoms with Gasteiger partial charge < -0.3 is 10.4 Å². The third-order valence-corrected chi connectivity index (χ3v) is 2.98. The normalized spacial score (nSPS) is 12.6. The average molecular weight is 259 g/mol. The molecule has 1 heterocycles. The number of para-hydroxylation sites is 2. The van der Waals surface area contributed by atoms with Crippen LogP contribution in [-0.2, 0) is 4.79 Å². The third kappa shape index (κ3) is 3.40. The van der Waals surface area contributed by atoms with Crippen LogP contribution in [0.15, 0.2) is 30.5 Å². The molecule has 0 aliphatic heterocycles. The van der Waals surface area contributed by atoms with Gasteiger partial charge in [0.25, 0.3) is 0 Å². The molecule has 1 atom stereocenters. The predicted octanol–water partition coefficient (Wildman–Crippen LogP) is 2.54. The largest absolute Gasteiger partial charge is 0.481 e. The van der Waals surface area contributed by atoms with Gasteiger partial charge in [0.05, 0.1) is 23.7 Å². The van der Waals surface area contributed by atoms with Gasteiger partial charge in [0.15, 0.2) is 0 Å². The van der Waals surface area contributed by atoms with Gasteiger partial charge in [0.1, 0.15) is 5.82 Å². The summed E-state index contributed by atoms with van der Waals surface area (Å²) in [7, 11) is 0. The second-order valence-corrected chi connectivity index (χ2v) is 4.84. The summed E-state index contributed by atoms with van der Waals surface area (Å²) in [6.07, 6.45) is 1.70. The molecule has 0 saturated heterocycles. The first-order valence-corrected chi connectivity index (χ1v) is 6.26. The van der Waals surface area contributed by atoms with Gasteiger partial charge in [-0.2, -0.15) is 0 Å². The Morgan fingerprint density at radius 3 is 2.63 bits per heavy atom. The highest BCUT2D eigenvalue weighted by atomic mass is 16.4. The monoisotopic (exact) mass is 259 g/mol. The van der Waals surface area contributed by atoms with Gasteiger partial charge in [0, 0.05) is 6.04 Å². The van der Waals surface area contributed by atoms with Crippen molar-refractivity contribution in [2.75, 3.05) is 5.32 Å². The van der Waals surface area contributed by atoms with E-state index < -0.39 is 5.97 Å². The van der Waals surface area contributed by atoms with Crippen LogP contribution in [0.4, 0.5) is 5.82 Å². The molecule has 1 unspecified atom stereocenters. The van der Waals surface area contributed by atoms with E-state index in [2.05, 4.69) is 15.3 Å². The van der Waals surface area contributed by atoms with E-state index in [1.165, 1.54) is 0 Å². The lowest BCUT2D eigenvalue weighted by atomic mass is 10.0. The molecule has 1 aromatic heterocycles. The van der Waals surface area contributed by atoms with E-state index in [0.717, 1.165) is 11.0 Å². The van der Waals surface area contributed by atoms with Gasteiger partial charge in [-0.25, -0.2) is 4.98 Å². The number of carboxylic acids is 1. The SMILES string of the molecule is CC(C)C(CC(=O)O)Nc1cnc2ccccc2n1. The molecule has 0 radical (unpaired) electrons. The molecule has 0 aliphatic rings. The molecule has 5 heteroatoms. The van der Waals surface area contributed by atoms with Crippen LogP contribution in [0.25, 0.3) is 11.0 Å². The van der Waals surface area contributed by atoms with Crippen molar-refractivity contribution in [1.82, 2.24) is 9.97 Å². The van der Waals surface area contributed by atoms with Crippen LogP contribution in [0.3, 0.4) is 0 Å². The van der Waals surface area contributed by atoms with E-state index in [1.807, 2.05) is 38.1 Å². The molecule has 0 saturated carbocycles. The number of carbonyl (C=O) groups is 1. The maximum atomic E-state index is 10.8. The molecule has 1 aromatic carbocycles. The summed E-state index contributed by atoms with van der Waals surface area (Å²) < 4.78 is 0. The number of nitrogens with zero attached hydrogens (tertiary/aromatic N) is 2. The molecule has 2 aromatic rings. The van der Waals surface area contributed by atoms with E-state index in [1.54, 1.807) is 6.20 Å². The highest BCUT2D eigenvalue weighted by Gasteiger charge is 2.17. The molecule has 0 bridgehead atoms. The van der Waals surface area contributed by atoms with Crippen molar-refractivity contribution < 1.29 is 9.90 Å². The molecule has 5 nitrogen and oxygen atoms in total. The number of hydrogen-bond acceptors (Lipinski definition) is 4. The molecule has 0 fully saturated rings. The predicted molar refractivity (Wildman–Crippen MR) is 74.0 cm³/mol. The molecule has 100 valence electrons. The Morgan fingerprint density at radius 2 is 2.00 bits per heavy atom. The number of fused-ring (bicyclic) bond motifs is 1. The topological polar surface area (TPSA) is 75.1 Å². The number of carboxylic acid groups (broad SMARTS) is 1. The Morgan fingerprint density at radius 1 is 1.32 bits per heavy atom. The first-order valence-electron chi connectivity index (χ1n) is 6.26. The fraction of sp³-hybridized carbons (Fsp3) is 0.357. The molecule has 0 spiro atoms. The van der Waals surface area contributed by atoms with Crippen molar-refractivity contribution in [2.45, 2.75) is 26.3 Å². The zero-order valence-corrected chi connectivity index (χ0v) is 11.0. The van der Waals surface area contributed by atoms with Crippen LogP contribution in [0.5, 0.6) is 0 Å². The van der Waals surface area contributed by atoms with Crippen LogP contribution < -0.4 is 5.32 Å². The van der Waals surface area contributed by atoms with Gasteiger partial charge in [0.2, 0.25) is 0 Å². The number of rotatable bonds is 5. The summed E-state index contributed by atoms with van der Waals surface area (Å²) >= 11 is 0. The lowest BCUT2D eigenvalue weighted by Gasteiger charge is -2.21. The number of aromatic nitrogens is 2. The van der Waals surface area contributed by atoms with Crippen molar-refractivity contribution in [3.05, 3.63) is 30.5 Å². The first kappa shape index (κ1) is 13.3. The molecular formula is C14H17N3O2. The minimum Gasteiger partial charge on any atom is -0.481 e. The van der Waals surface area contributed by atoms with Crippen molar-refractivity contribution in [1.29, 1.82) is 0 Å². The highest BCUT2D eigenvalue weighted by molar-refractivity contribution is 5.75. The molecule has 19 heavy (non-hydrogen) atoms. The van der Waals surface area contributed by atoms with Gasteiger partial charge >= 0.3 is 5.97 Å². The number of anilines is 1.